The van der Waals surface area contributed by atoms with Crippen molar-refractivity contribution in [1.29, 1.82) is 0 Å². The smallest absolute Gasteiger partial charge is 0.338 e. The molecular formula is C22H22N2O4S. The monoisotopic (exact) mass is 410 g/mol. The zero-order chi connectivity index (χ0) is 20.8. The Morgan fingerprint density at radius 1 is 1.24 bits per heavy atom. The standard InChI is InChI=1S/C22H22N2O4S/c1-4-12-24-17-11-10-16(21(26)27-5-2)13-19(17)29-22(24)23-20(25)14-28-18-9-7-6-8-15(18)3/h4,6-11,13H,1,5,12,14H2,2-3H3. The van der Waals surface area contributed by atoms with Crippen LogP contribution < -0.4 is 9.54 Å². The van der Waals surface area contributed by atoms with Crippen LogP contribution >= 0.6 is 11.3 Å². The minimum atomic E-state index is -0.386. The number of esters is 1. The first-order valence-electron chi connectivity index (χ1n) is 9.21. The van der Waals surface area contributed by atoms with E-state index >= 15 is 0 Å². The summed E-state index contributed by atoms with van der Waals surface area (Å²) in [5.74, 6) is -0.104. The summed E-state index contributed by atoms with van der Waals surface area (Å²) in [4.78, 5) is 29.1. The molecule has 0 saturated carbocycles. The molecule has 0 N–H and O–H groups in total. The molecule has 0 fully saturated rings. The fraction of sp³-hybridized carbons (Fsp3) is 0.227. The summed E-state index contributed by atoms with van der Waals surface area (Å²) in [6.45, 7) is 8.11. The Kier molecular flexibility index (Phi) is 6.61. The van der Waals surface area contributed by atoms with Gasteiger partial charge in [-0.25, -0.2) is 4.79 Å². The van der Waals surface area contributed by atoms with Gasteiger partial charge in [0.2, 0.25) is 0 Å². The van der Waals surface area contributed by atoms with Gasteiger partial charge in [-0.15, -0.1) is 6.58 Å². The normalized spacial score (nSPS) is 11.4. The summed E-state index contributed by atoms with van der Waals surface area (Å²) < 4.78 is 13.4. The fourth-order valence-electron chi connectivity index (χ4n) is 2.80. The quantitative estimate of drug-likeness (QED) is 0.438. The first kappa shape index (κ1) is 20.5. The number of benzene rings is 2. The van der Waals surface area contributed by atoms with Gasteiger partial charge in [-0.3, -0.25) is 4.79 Å². The van der Waals surface area contributed by atoms with E-state index in [0.717, 1.165) is 15.8 Å². The van der Waals surface area contributed by atoms with Gasteiger partial charge >= 0.3 is 5.97 Å². The van der Waals surface area contributed by atoms with Gasteiger partial charge in [-0.05, 0) is 43.7 Å². The lowest BCUT2D eigenvalue weighted by Crippen LogP contribution is -2.19. The average molecular weight is 410 g/mol. The molecule has 0 radical (unpaired) electrons. The number of hydrogen-bond donors (Lipinski definition) is 0. The summed E-state index contributed by atoms with van der Waals surface area (Å²) in [5, 5.41) is 0. The Balaban J connectivity index is 1.90. The molecule has 3 rings (SSSR count). The van der Waals surface area contributed by atoms with Gasteiger partial charge in [0.15, 0.2) is 11.4 Å². The number of allylic oxidation sites excluding steroid dienone is 1. The number of rotatable bonds is 7. The minimum Gasteiger partial charge on any atom is -0.483 e. The number of fused-ring (bicyclic) bond motifs is 1. The maximum atomic E-state index is 12.4. The van der Waals surface area contributed by atoms with E-state index in [1.807, 2.05) is 41.8 Å². The number of carbonyl (C=O) groups is 2. The molecule has 0 saturated heterocycles. The second-order valence-electron chi connectivity index (χ2n) is 6.25. The number of para-hydroxylation sites is 1. The molecule has 1 amide bonds. The van der Waals surface area contributed by atoms with Crippen LogP contribution in [0.15, 0.2) is 60.1 Å². The molecule has 0 aliphatic carbocycles. The van der Waals surface area contributed by atoms with Crippen molar-refractivity contribution < 1.29 is 19.1 Å². The van der Waals surface area contributed by atoms with Gasteiger partial charge in [-0.1, -0.05) is 35.6 Å². The predicted molar refractivity (Wildman–Crippen MR) is 113 cm³/mol. The van der Waals surface area contributed by atoms with E-state index in [9.17, 15) is 9.59 Å². The van der Waals surface area contributed by atoms with Gasteiger partial charge in [0.05, 0.1) is 22.4 Å². The third-order valence-corrected chi connectivity index (χ3v) is 5.21. The van der Waals surface area contributed by atoms with E-state index in [1.165, 1.54) is 11.3 Å². The number of aryl methyl sites for hydroxylation is 1. The van der Waals surface area contributed by atoms with Crippen LogP contribution in [0.2, 0.25) is 0 Å². The van der Waals surface area contributed by atoms with E-state index < -0.39 is 0 Å². The first-order valence-corrected chi connectivity index (χ1v) is 10.0. The van der Waals surface area contributed by atoms with Crippen molar-refractivity contribution >= 4 is 33.4 Å². The number of aromatic nitrogens is 1. The van der Waals surface area contributed by atoms with Gasteiger partial charge in [0.25, 0.3) is 5.91 Å². The van der Waals surface area contributed by atoms with E-state index in [4.69, 9.17) is 9.47 Å². The summed E-state index contributed by atoms with van der Waals surface area (Å²) in [7, 11) is 0. The number of thiazole rings is 1. The number of carbonyl (C=O) groups excluding carboxylic acids is 2. The zero-order valence-corrected chi connectivity index (χ0v) is 17.2. The SMILES string of the molecule is C=CCn1c(=NC(=O)COc2ccccc2C)sc2cc(C(=O)OCC)ccc21. The van der Waals surface area contributed by atoms with Crippen molar-refractivity contribution in [3.05, 3.63) is 71.0 Å². The second-order valence-corrected chi connectivity index (χ2v) is 7.26. The van der Waals surface area contributed by atoms with Crippen LogP contribution in [-0.2, 0) is 16.1 Å². The Morgan fingerprint density at radius 3 is 2.76 bits per heavy atom. The van der Waals surface area contributed by atoms with Gasteiger partial charge in [0.1, 0.15) is 5.75 Å². The molecule has 0 unspecified atom stereocenters. The highest BCUT2D eigenvalue weighted by Gasteiger charge is 2.12. The molecule has 1 heterocycles. The molecule has 2 aromatic carbocycles. The van der Waals surface area contributed by atoms with Crippen molar-refractivity contribution in [2.45, 2.75) is 20.4 Å². The molecule has 3 aromatic rings. The van der Waals surface area contributed by atoms with Gasteiger partial charge < -0.3 is 14.0 Å². The average Bonchev–Trinajstić information content (AvgIpc) is 3.04. The van der Waals surface area contributed by atoms with Crippen LogP contribution in [-0.4, -0.2) is 29.7 Å². The molecular weight excluding hydrogens is 388 g/mol. The Labute approximate surface area is 172 Å². The lowest BCUT2D eigenvalue weighted by molar-refractivity contribution is -0.120. The fourth-order valence-corrected chi connectivity index (χ4v) is 3.90. The third-order valence-electron chi connectivity index (χ3n) is 4.17. The molecule has 0 aliphatic heterocycles. The van der Waals surface area contributed by atoms with Crippen molar-refractivity contribution in [2.75, 3.05) is 13.2 Å². The van der Waals surface area contributed by atoms with Gasteiger partial charge in [-0.2, -0.15) is 4.99 Å². The minimum absolute atomic E-state index is 0.152. The van der Waals surface area contributed by atoms with Crippen LogP contribution in [0.1, 0.15) is 22.8 Å². The lowest BCUT2D eigenvalue weighted by Gasteiger charge is -2.06. The van der Waals surface area contributed by atoms with Crippen molar-refractivity contribution in [3.63, 3.8) is 0 Å². The van der Waals surface area contributed by atoms with Crippen LogP contribution in [0, 0.1) is 6.92 Å². The number of amides is 1. The van der Waals surface area contributed by atoms with E-state index in [0.29, 0.717) is 29.3 Å². The lowest BCUT2D eigenvalue weighted by atomic mass is 10.2. The van der Waals surface area contributed by atoms with Crippen molar-refractivity contribution in [2.24, 2.45) is 4.99 Å². The maximum Gasteiger partial charge on any atom is 0.338 e. The van der Waals surface area contributed by atoms with Gasteiger partial charge in [0, 0.05) is 6.54 Å². The molecule has 6 nitrogen and oxygen atoms in total. The largest absolute Gasteiger partial charge is 0.483 e. The van der Waals surface area contributed by atoms with E-state index in [1.54, 1.807) is 25.1 Å². The van der Waals surface area contributed by atoms with Crippen LogP contribution in [0.5, 0.6) is 5.75 Å². The summed E-state index contributed by atoms with van der Waals surface area (Å²) >= 11 is 1.33. The van der Waals surface area contributed by atoms with E-state index in [-0.39, 0.29) is 18.5 Å². The summed E-state index contributed by atoms with van der Waals surface area (Å²) in [6.07, 6.45) is 1.73. The Morgan fingerprint density at radius 2 is 2.03 bits per heavy atom. The Hall–Kier alpha value is -3.19. The molecule has 0 bridgehead atoms. The molecule has 1 aromatic heterocycles. The highest BCUT2D eigenvalue weighted by molar-refractivity contribution is 7.16. The predicted octanol–water partition coefficient (Wildman–Crippen LogP) is 3.88. The molecule has 7 heteroatoms. The van der Waals surface area contributed by atoms with E-state index in [2.05, 4.69) is 11.6 Å². The molecule has 150 valence electrons. The Bertz CT molecular complexity index is 1130. The highest BCUT2D eigenvalue weighted by atomic mass is 32.1. The van der Waals surface area contributed by atoms with Crippen LogP contribution in [0.25, 0.3) is 10.2 Å². The molecule has 0 spiro atoms. The topological polar surface area (TPSA) is 69.9 Å². The summed E-state index contributed by atoms with van der Waals surface area (Å²) in [5.41, 5.74) is 2.29. The molecule has 0 atom stereocenters. The highest BCUT2D eigenvalue weighted by Crippen LogP contribution is 2.20. The number of nitrogens with zero attached hydrogens (tertiary/aromatic N) is 2. The number of hydrogen-bond acceptors (Lipinski definition) is 5. The second kappa shape index (κ2) is 9.34. The number of ether oxygens (including phenoxy) is 2. The third kappa shape index (κ3) is 4.81. The molecule has 0 aliphatic rings. The zero-order valence-electron chi connectivity index (χ0n) is 16.4. The van der Waals surface area contributed by atoms with Crippen LogP contribution in [0.4, 0.5) is 0 Å². The van der Waals surface area contributed by atoms with Crippen molar-refractivity contribution in [1.82, 2.24) is 4.57 Å². The summed E-state index contributed by atoms with van der Waals surface area (Å²) in [6, 6.07) is 12.8. The maximum absolute atomic E-state index is 12.4. The first-order chi connectivity index (χ1) is 14.0. The van der Waals surface area contributed by atoms with Crippen LogP contribution in [0.3, 0.4) is 0 Å². The molecule has 29 heavy (non-hydrogen) atoms. The van der Waals surface area contributed by atoms with Crippen molar-refractivity contribution in [3.8, 4) is 5.75 Å².